The van der Waals surface area contributed by atoms with Gasteiger partial charge in [-0.2, -0.15) is 0 Å². The molecule has 166 valence electrons. The van der Waals surface area contributed by atoms with Crippen LogP contribution in [0.4, 0.5) is 0 Å². The molecule has 6 nitrogen and oxygen atoms in total. The fourth-order valence-electron chi connectivity index (χ4n) is 4.22. The third kappa shape index (κ3) is 5.25. The molecular formula is C26H30N4O2. The lowest BCUT2D eigenvalue weighted by Gasteiger charge is -2.36. The second-order valence-corrected chi connectivity index (χ2v) is 8.88. The fourth-order valence-corrected chi connectivity index (χ4v) is 4.22. The van der Waals surface area contributed by atoms with Gasteiger partial charge in [0.1, 0.15) is 6.04 Å². The van der Waals surface area contributed by atoms with Gasteiger partial charge in [0, 0.05) is 44.9 Å². The summed E-state index contributed by atoms with van der Waals surface area (Å²) in [4.78, 5) is 32.0. The highest BCUT2D eigenvalue weighted by Gasteiger charge is 2.34. The number of hydrogen-bond acceptors (Lipinski definition) is 3. The molecule has 2 aromatic carbocycles. The molecule has 1 aliphatic rings. The van der Waals surface area contributed by atoms with E-state index in [4.69, 9.17) is 0 Å². The number of hydrogen-bond donors (Lipinski definition) is 1. The first-order valence-electron chi connectivity index (χ1n) is 11.2. The zero-order valence-electron chi connectivity index (χ0n) is 18.7. The molecule has 0 saturated carbocycles. The average Bonchev–Trinajstić information content (AvgIpc) is 3.29. The Morgan fingerprint density at radius 1 is 1.09 bits per heavy atom. The van der Waals surface area contributed by atoms with Gasteiger partial charge in [0.15, 0.2) is 0 Å². The van der Waals surface area contributed by atoms with Gasteiger partial charge >= 0.3 is 0 Å². The normalized spacial score (nSPS) is 15.5. The largest absolute Gasteiger partial charge is 0.350 e. The third-order valence-electron chi connectivity index (χ3n) is 5.84. The zero-order chi connectivity index (χ0) is 22.5. The summed E-state index contributed by atoms with van der Waals surface area (Å²) in [5, 5.41) is 3.07. The Hall–Kier alpha value is -3.41. The monoisotopic (exact) mass is 430 g/mol. The van der Waals surface area contributed by atoms with Crippen LogP contribution < -0.4 is 5.32 Å². The minimum absolute atomic E-state index is 0.0389. The summed E-state index contributed by atoms with van der Waals surface area (Å²) >= 11 is 0. The highest BCUT2D eigenvalue weighted by Crippen LogP contribution is 2.25. The van der Waals surface area contributed by atoms with Gasteiger partial charge in [-0.15, -0.1) is 0 Å². The molecule has 1 N–H and O–H groups in total. The van der Waals surface area contributed by atoms with Crippen molar-refractivity contribution in [3.8, 4) is 0 Å². The maximum atomic E-state index is 13.2. The maximum Gasteiger partial charge on any atom is 0.243 e. The number of nitrogens with zero attached hydrogens (tertiary/aromatic N) is 3. The van der Waals surface area contributed by atoms with Crippen LogP contribution in [0.15, 0.2) is 67.3 Å². The summed E-state index contributed by atoms with van der Waals surface area (Å²) in [7, 11) is 0. The van der Waals surface area contributed by atoms with E-state index in [1.54, 1.807) is 17.4 Å². The van der Waals surface area contributed by atoms with Gasteiger partial charge < -0.3 is 14.8 Å². The van der Waals surface area contributed by atoms with Crippen LogP contribution in [0.25, 0.3) is 0 Å². The SMILES string of the molecule is CC(C)CC(=O)N1Cc2ccccc2CC1C(=O)NCc1cccc(Cn2ccnc2)c1. The van der Waals surface area contributed by atoms with Crippen molar-refractivity contribution in [2.24, 2.45) is 5.92 Å². The lowest BCUT2D eigenvalue weighted by atomic mass is 9.92. The number of amides is 2. The third-order valence-corrected chi connectivity index (χ3v) is 5.84. The molecule has 6 heteroatoms. The van der Waals surface area contributed by atoms with Crippen LogP contribution in [0.2, 0.25) is 0 Å². The second kappa shape index (κ2) is 9.81. The molecule has 1 atom stereocenters. The number of benzene rings is 2. The van der Waals surface area contributed by atoms with Crippen molar-refractivity contribution in [1.82, 2.24) is 19.8 Å². The van der Waals surface area contributed by atoms with Crippen molar-refractivity contribution < 1.29 is 9.59 Å². The molecule has 1 aromatic heterocycles. The minimum atomic E-state index is -0.481. The van der Waals surface area contributed by atoms with Gasteiger partial charge in [0.05, 0.1) is 6.33 Å². The molecule has 0 bridgehead atoms. The predicted octanol–water partition coefficient (Wildman–Crippen LogP) is 3.55. The Bertz CT molecular complexity index is 1070. The van der Waals surface area contributed by atoms with E-state index in [0.717, 1.165) is 28.8 Å². The van der Waals surface area contributed by atoms with Crippen molar-refractivity contribution in [2.75, 3.05) is 0 Å². The lowest BCUT2D eigenvalue weighted by molar-refractivity contribution is -0.142. The van der Waals surface area contributed by atoms with Crippen molar-refractivity contribution in [3.63, 3.8) is 0 Å². The van der Waals surface area contributed by atoms with E-state index in [1.807, 2.05) is 54.9 Å². The van der Waals surface area contributed by atoms with Gasteiger partial charge in [-0.3, -0.25) is 9.59 Å². The summed E-state index contributed by atoms with van der Waals surface area (Å²) in [6.45, 7) is 5.71. The van der Waals surface area contributed by atoms with Gasteiger partial charge in [-0.05, 0) is 28.2 Å². The Balaban J connectivity index is 1.45. The summed E-state index contributed by atoms with van der Waals surface area (Å²) in [5.74, 6) is 0.190. The first-order chi connectivity index (χ1) is 15.5. The molecule has 2 amide bonds. The van der Waals surface area contributed by atoms with E-state index in [2.05, 4.69) is 28.5 Å². The summed E-state index contributed by atoms with van der Waals surface area (Å²) in [6.07, 6.45) is 6.48. The number of nitrogens with one attached hydrogen (secondary N) is 1. The quantitative estimate of drug-likeness (QED) is 0.623. The highest BCUT2D eigenvalue weighted by atomic mass is 16.2. The molecule has 2 heterocycles. The molecule has 0 saturated heterocycles. The molecule has 0 aliphatic carbocycles. The van der Waals surface area contributed by atoms with E-state index >= 15 is 0 Å². The Morgan fingerprint density at radius 2 is 1.88 bits per heavy atom. The van der Waals surface area contributed by atoms with E-state index < -0.39 is 6.04 Å². The number of aromatic nitrogens is 2. The number of imidazole rings is 1. The molecule has 1 aliphatic heterocycles. The number of carbonyl (C=O) groups excluding carboxylic acids is 2. The second-order valence-electron chi connectivity index (χ2n) is 8.88. The minimum Gasteiger partial charge on any atom is -0.350 e. The number of carbonyl (C=O) groups is 2. The van der Waals surface area contributed by atoms with Gasteiger partial charge in [0.2, 0.25) is 11.8 Å². The van der Waals surface area contributed by atoms with E-state index in [0.29, 0.717) is 25.9 Å². The van der Waals surface area contributed by atoms with Gasteiger partial charge in [0.25, 0.3) is 0 Å². The first-order valence-corrected chi connectivity index (χ1v) is 11.2. The predicted molar refractivity (Wildman–Crippen MR) is 124 cm³/mol. The molecule has 0 spiro atoms. The van der Waals surface area contributed by atoms with Crippen LogP contribution in [-0.4, -0.2) is 32.3 Å². The van der Waals surface area contributed by atoms with Crippen molar-refractivity contribution in [3.05, 3.63) is 89.5 Å². The number of rotatable bonds is 7. The zero-order valence-corrected chi connectivity index (χ0v) is 18.7. The van der Waals surface area contributed by atoms with Crippen molar-refractivity contribution >= 4 is 11.8 Å². The molecule has 3 aromatic rings. The van der Waals surface area contributed by atoms with E-state index in [1.165, 1.54) is 0 Å². The van der Waals surface area contributed by atoms with Crippen LogP contribution in [0.5, 0.6) is 0 Å². The van der Waals surface area contributed by atoms with Crippen LogP contribution in [-0.2, 0) is 35.6 Å². The van der Waals surface area contributed by atoms with Gasteiger partial charge in [-0.1, -0.05) is 62.4 Å². The van der Waals surface area contributed by atoms with Crippen LogP contribution in [0, 0.1) is 5.92 Å². The average molecular weight is 431 g/mol. The Morgan fingerprint density at radius 3 is 2.62 bits per heavy atom. The lowest BCUT2D eigenvalue weighted by Crippen LogP contribution is -2.52. The molecule has 32 heavy (non-hydrogen) atoms. The fraction of sp³-hybridized carbons (Fsp3) is 0.346. The molecule has 0 fully saturated rings. The molecule has 0 radical (unpaired) electrons. The molecule has 4 rings (SSSR count). The van der Waals surface area contributed by atoms with Gasteiger partial charge in [-0.25, -0.2) is 4.98 Å². The standard InChI is InChI=1S/C26H30N4O2/c1-19(2)12-25(31)30-17-23-9-4-3-8-22(23)14-24(30)26(32)28-15-20-6-5-7-21(13-20)16-29-11-10-27-18-29/h3-11,13,18-19,24H,12,14-17H2,1-2H3,(H,28,32). The Kier molecular flexibility index (Phi) is 6.69. The summed E-state index contributed by atoms with van der Waals surface area (Å²) in [6, 6.07) is 15.8. The highest BCUT2D eigenvalue weighted by molar-refractivity contribution is 5.88. The first kappa shape index (κ1) is 21.8. The summed E-state index contributed by atoms with van der Waals surface area (Å²) < 4.78 is 2.01. The van der Waals surface area contributed by atoms with Crippen LogP contribution >= 0.6 is 0 Å². The number of fused-ring (bicyclic) bond motifs is 1. The van der Waals surface area contributed by atoms with Crippen LogP contribution in [0.1, 0.15) is 42.5 Å². The molecular weight excluding hydrogens is 400 g/mol. The smallest absolute Gasteiger partial charge is 0.243 e. The van der Waals surface area contributed by atoms with E-state index in [9.17, 15) is 9.59 Å². The summed E-state index contributed by atoms with van der Waals surface area (Å²) in [5.41, 5.74) is 4.45. The van der Waals surface area contributed by atoms with Crippen molar-refractivity contribution in [1.29, 1.82) is 0 Å². The van der Waals surface area contributed by atoms with E-state index in [-0.39, 0.29) is 17.7 Å². The van der Waals surface area contributed by atoms with Crippen molar-refractivity contribution in [2.45, 2.75) is 52.4 Å². The maximum absolute atomic E-state index is 13.2. The molecule has 1 unspecified atom stereocenters. The topological polar surface area (TPSA) is 67.2 Å². The Labute approximate surface area is 189 Å². The van der Waals surface area contributed by atoms with Crippen LogP contribution in [0.3, 0.4) is 0 Å².